The van der Waals surface area contributed by atoms with Crippen LogP contribution < -0.4 is 4.74 Å². The van der Waals surface area contributed by atoms with Crippen molar-refractivity contribution in [2.75, 3.05) is 19.7 Å². The number of phenols is 1. The van der Waals surface area contributed by atoms with E-state index in [1.807, 2.05) is 11.8 Å². The molecule has 0 aliphatic carbocycles. The molecule has 1 aromatic carbocycles. The average Bonchev–Trinajstić information content (AvgIpc) is 2.44. The summed E-state index contributed by atoms with van der Waals surface area (Å²) in [5.41, 5.74) is 0.408. The Hall–Kier alpha value is -1.75. The van der Waals surface area contributed by atoms with E-state index < -0.39 is 12.0 Å². The van der Waals surface area contributed by atoms with Gasteiger partial charge >= 0.3 is 5.97 Å². The zero-order valence-corrected chi connectivity index (χ0v) is 11.7. The molecule has 0 aromatic heterocycles. The van der Waals surface area contributed by atoms with Gasteiger partial charge in [0.05, 0.1) is 6.61 Å². The van der Waals surface area contributed by atoms with Gasteiger partial charge in [-0.1, -0.05) is 18.6 Å². The van der Waals surface area contributed by atoms with Crippen molar-refractivity contribution < 1.29 is 19.7 Å². The SMILES string of the molecule is CCOc1cccc(C(C(=O)O)N2CCCCC2)c1O. The Morgan fingerprint density at radius 2 is 2.05 bits per heavy atom. The molecule has 1 unspecified atom stereocenters. The summed E-state index contributed by atoms with van der Waals surface area (Å²) in [5, 5.41) is 19.8. The number of carbonyl (C=O) groups is 1. The predicted molar refractivity (Wildman–Crippen MR) is 75.1 cm³/mol. The smallest absolute Gasteiger partial charge is 0.325 e. The minimum Gasteiger partial charge on any atom is -0.504 e. The van der Waals surface area contributed by atoms with E-state index in [-0.39, 0.29) is 5.75 Å². The van der Waals surface area contributed by atoms with Crippen molar-refractivity contribution in [3.63, 3.8) is 0 Å². The lowest BCUT2D eigenvalue weighted by Crippen LogP contribution is -2.37. The topological polar surface area (TPSA) is 70.0 Å². The highest BCUT2D eigenvalue weighted by molar-refractivity contribution is 5.77. The summed E-state index contributed by atoms with van der Waals surface area (Å²) in [6.45, 7) is 3.74. The Labute approximate surface area is 118 Å². The van der Waals surface area contributed by atoms with E-state index in [1.54, 1.807) is 18.2 Å². The zero-order chi connectivity index (χ0) is 14.5. The van der Waals surface area contributed by atoms with Gasteiger partial charge in [0.2, 0.25) is 0 Å². The number of rotatable bonds is 5. The Bertz CT molecular complexity index is 469. The highest BCUT2D eigenvalue weighted by Crippen LogP contribution is 2.37. The van der Waals surface area contributed by atoms with Gasteiger partial charge in [-0.15, -0.1) is 0 Å². The van der Waals surface area contributed by atoms with Gasteiger partial charge in [-0.05, 0) is 38.9 Å². The highest BCUT2D eigenvalue weighted by Gasteiger charge is 2.31. The van der Waals surface area contributed by atoms with Crippen molar-refractivity contribution in [2.45, 2.75) is 32.2 Å². The van der Waals surface area contributed by atoms with Gasteiger partial charge in [-0.25, -0.2) is 0 Å². The molecule has 5 heteroatoms. The maximum atomic E-state index is 11.6. The quantitative estimate of drug-likeness (QED) is 0.866. The van der Waals surface area contributed by atoms with Gasteiger partial charge in [0.25, 0.3) is 0 Å². The van der Waals surface area contributed by atoms with E-state index in [1.165, 1.54) is 0 Å². The second-order valence-electron chi connectivity index (χ2n) is 4.96. The van der Waals surface area contributed by atoms with E-state index in [2.05, 4.69) is 0 Å². The molecule has 1 fully saturated rings. The third kappa shape index (κ3) is 3.04. The maximum Gasteiger partial charge on any atom is 0.325 e. The lowest BCUT2D eigenvalue weighted by Gasteiger charge is -2.32. The van der Waals surface area contributed by atoms with Crippen LogP contribution in [0, 0.1) is 0 Å². The lowest BCUT2D eigenvalue weighted by atomic mass is 10.0. The van der Waals surface area contributed by atoms with Crippen LogP contribution in [0.25, 0.3) is 0 Å². The number of ether oxygens (including phenoxy) is 1. The summed E-state index contributed by atoms with van der Waals surface area (Å²) in [6, 6.07) is 4.22. The largest absolute Gasteiger partial charge is 0.504 e. The molecule has 0 amide bonds. The second-order valence-corrected chi connectivity index (χ2v) is 4.96. The number of carboxylic acid groups (broad SMARTS) is 1. The van der Waals surface area contributed by atoms with Gasteiger partial charge in [-0.3, -0.25) is 9.69 Å². The molecule has 1 atom stereocenters. The number of likely N-dealkylation sites (tertiary alicyclic amines) is 1. The van der Waals surface area contributed by atoms with Crippen molar-refractivity contribution in [2.24, 2.45) is 0 Å². The molecule has 1 aromatic rings. The summed E-state index contributed by atoms with van der Waals surface area (Å²) in [4.78, 5) is 13.5. The molecule has 2 N–H and O–H groups in total. The first-order valence-electron chi connectivity index (χ1n) is 7.06. The minimum atomic E-state index is -0.934. The van der Waals surface area contributed by atoms with E-state index in [4.69, 9.17) is 4.74 Å². The third-order valence-corrected chi connectivity index (χ3v) is 3.61. The molecule has 2 rings (SSSR count). The molecular weight excluding hydrogens is 258 g/mol. The molecule has 0 spiro atoms. The minimum absolute atomic E-state index is 0.0627. The van der Waals surface area contributed by atoms with Crippen molar-refractivity contribution in [1.82, 2.24) is 4.90 Å². The predicted octanol–water partition coefficient (Wildman–Crippen LogP) is 2.40. The molecule has 1 saturated heterocycles. The Morgan fingerprint density at radius 1 is 1.35 bits per heavy atom. The first-order chi connectivity index (χ1) is 9.65. The lowest BCUT2D eigenvalue weighted by molar-refractivity contribution is -0.144. The number of hydrogen-bond acceptors (Lipinski definition) is 4. The molecule has 110 valence electrons. The van der Waals surface area contributed by atoms with Crippen LogP contribution in [-0.2, 0) is 4.79 Å². The van der Waals surface area contributed by atoms with Crippen molar-refractivity contribution in [3.8, 4) is 11.5 Å². The molecule has 1 heterocycles. The van der Waals surface area contributed by atoms with Gasteiger partial charge in [0, 0.05) is 5.56 Å². The van der Waals surface area contributed by atoms with Gasteiger partial charge in [-0.2, -0.15) is 0 Å². The summed E-state index contributed by atoms with van der Waals surface area (Å²) in [5.74, 6) is -0.656. The molecular formula is C15H21NO4. The number of piperidine rings is 1. The standard InChI is InChI=1S/C15H21NO4/c1-2-20-12-8-6-7-11(14(12)17)13(15(18)19)16-9-4-3-5-10-16/h6-8,13,17H,2-5,9-10H2,1H3,(H,18,19). The molecule has 1 aliphatic rings. The van der Waals surface area contributed by atoms with Gasteiger partial charge < -0.3 is 14.9 Å². The fourth-order valence-corrected chi connectivity index (χ4v) is 2.69. The van der Waals surface area contributed by atoms with Gasteiger partial charge in [0.1, 0.15) is 6.04 Å². The number of aliphatic carboxylic acids is 1. The molecule has 5 nitrogen and oxygen atoms in total. The first-order valence-corrected chi connectivity index (χ1v) is 7.06. The first kappa shape index (κ1) is 14.7. The second kappa shape index (κ2) is 6.61. The number of nitrogens with zero attached hydrogens (tertiary/aromatic N) is 1. The van der Waals surface area contributed by atoms with Crippen LogP contribution in [0.5, 0.6) is 11.5 Å². The number of para-hydroxylation sites is 1. The van der Waals surface area contributed by atoms with Crippen molar-refractivity contribution in [3.05, 3.63) is 23.8 Å². The summed E-state index contributed by atoms with van der Waals surface area (Å²) >= 11 is 0. The Morgan fingerprint density at radius 3 is 2.65 bits per heavy atom. The molecule has 0 radical (unpaired) electrons. The highest BCUT2D eigenvalue weighted by atomic mass is 16.5. The Balaban J connectivity index is 2.33. The number of benzene rings is 1. The van der Waals surface area contributed by atoms with Crippen LogP contribution in [0.4, 0.5) is 0 Å². The number of hydrogen-bond donors (Lipinski definition) is 2. The zero-order valence-electron chi connectivity index (χ0n) is 11.7. The molecule has 0 bridgehead atoms. The maximum absolute atomic E-state index is 11.6. The van der Waals surface area contributed by atoms with E-state index in [9.17, 15) is 15.0 Å². The van der Waals surface area contributed by atoms with E-state index in [0.717, 1.165) is 32.4 Å². The van der Waals surface area contributed by atoms with Crippen LogP contribution in [-0.4, -0.2) is 40.8 Å². The fraction of sp³-hybridized carbons (Fsp3) is 0.533. The van der Waals surface area contributed by atoms with Crippen molar-refractivity contribution in [1.29, 1.82) is 0 Å². The van der Waals surface area contributed by atoms with Crippen molar-refractivity contribution >= 4 is 5.97 Å². The van der Waals surface area contributed by atoms with Crippen LogP contribution in [0.1, 0.15) is 37.8 Å². The van der Waals surface area contributed by atoms with Gasteiger partial charge in [0.15, 0.2) is 11.5 Å². The fourth-order valence-electron chi connectivity index (χ4n) is 2.69. The van der Waals surface area contributed by atoms with E-state index in [0.29, 0.717) is 17.9 Å². The van der Waals surface area contributed by atoms with Crippen LogP contribution in [0.3, 0.4) is 0 Å². The average molecular weight is 279 g/mol. The van der Waals surface area contributed by atoms with E-state index >= 15 is 0 Å². The Kier molecular flexibility index (Phi) is 4.84. The summed E-state index contributed by atoms with van der Waals surface area (Å²) in [6.07, 6.45) is 3.12. The summed E-state index contributed by atoms with van der Waals surface area (Å²) < 4.78 is 5.33. The van der Waals surface area contributed by atoms with Crippen LogP contribution in [0.15, 0.2) is 18.2 Å². The van der Waals surface area contributed by atoms with Crippen LogP contribution in [0.2, 0.25) is 0 Å². The monoisotopic (exact) mass is 279 g/mol. The van der Waals surface area contributed by atoms with Crippen LogP contribution >= 0.6 is 0 Å². The molecule has 0 saturated carbocycles. The number of aromatic hydroxyl groups is 1. The summed E-state index contributed by atoms with van der Waals surface area (Å²) in [7, 11) is 0. The number of phenolic OH excluding ortho intramolecular Hbond substituents is 1. The normalized spacial score (nSPS) is 17.6. The third-order valence-electron chi connectivity index (χ3n) is 3.61. The molecule has 1 aliphatic heterocycles. The number of carboxylic acids is 1. The molecule has 20 heavy (non-hydrogen) atoms.